The Morgan fingerprint density at radius 1 is 0.581 bits per heavy atom. The SMILES string of the molecule is CC(C#CCOCC#CC(C)c1ccc2ccccc2c1)c1ccc2ccccc2c1. The first-order chi connectivity index (χ1) is 15.2. The first kappa shape index (κ1) is 20.7. The van der Waals surface area contributed by atoms with Crippen molar-refractivity contribution in [3.8, 4) is 23.7 Å². The van der Waals surface area contributed by atoms with Crippen LogP contribution in [0.15, 0.2) is 84.9 Å². The smallest absolute Gasteiger partial charge is 0.109 e. The molecule has 0 fully saturated rings. The van der Waals surface area contributed by atoms with Gasteiger partial charge in [-0.2, -0.15) is 0 Å². The van der Waals surface area contributed by atoms with Gasteiger partial charge in [0.2, 0.25) is 0 Å². The molecular formula is C30H26O. The fourth-order valence-electron chi connectivity index (χ4n) is 3.66. The van der Waals surface area contributed by atoms with E-state index in [0.29, 0.717) is 13.2 Å². The molecule has 31 heavy (non-hydrogen) atoms. The van der Waals surface area contributed by atoms with E-state index in [1.807, 2.05) is 0 Å². The summed E-state index contributed by atoms with van der Waals surface area (Å²) < 4.78 is 5.60. The highest BCUT2D eigenvalue weighted by Crippen LogP contribution is 2.22. The van der Waals surface area contributed by atoms with E-state index >= 15 is 0 Å². The number of fused-ring (bicyclic) bond motifs is 2. The molecule has 0 heterocycles. The highest BCUT2D eigenvalue weighted by Gasteiger charge is 2.03. The Bertz CT molecular complexity index is 1210. The largest absolute Gasteiger partial charge is 0.356 e. The molecule has 4 aromatic carbocycles. The molecule has 0 radical (unpaired) electrons. The van der Waals surface area contributed by atoms with Gasteiger partial charge in [-0.1, -0.05) is 96.5 Å². The van der Waals surface area contributed by atoms with Gasteiger partial charge >= 0.3 is 0 Å². The van der Waals surface area contributed by atoms with Crippen LogP contribution in [0.5, 0.6) is 0 Å². The van der Waals surface area contributed by atoms with Crippen molar-refractivity contribution >= 4 is 21.5 Å². The van der Waals surface area contributed by atoms with E-state index in [9.17, 15) is 0 Å². The van der Waals surface area contributed by atoms with Crippen LogP contribution < -0.4 is 0 Å². The van der Waals surface area contributed by atoms with Crippen molar-refractivity contribution in [3.05, 3.63) is 96.1 Å². The van der Waals surface area contributed by atoms with Crippen molar-refractivity contribution in [3.63, 3.8) is 0 Å². The number of ether oxygens (including phenoxy) is 1. The molecule has 1 heteroatoms. The van der Waals surface area contributed by atoms with Crippen LogP contribution in [0.3, 0.4) is 0 Å². The van der Waals surface area contributed by atoms with Gasteiger partial charge in [-0.05, 0) is 58.7 Å². The summed E-state index contributed by atoms with van der Waals surface area (Å²) in [5, 5.41) is 5.01. The van der Waals surface area contributed by atoms with Gasteiger partial charge in [0, 0.05) is 11.8 Å². The second-order valence-electron chi connectivity index (χ2n) is 7.79. The molecule has 0 aliphatic rings. The zero-order chi connectivity index (χ0) is 21.5. The van der Waals surface area contributed by atoms with Crippen molar-refractivity contribution in [2.45, 2.75) is 25.7 Å². The fraction of sp³-hybridized carbons (Fsp3) is 0.200. The van der Waals surface area contributed by atoms with Crippen LogP contribution >= 0.6 is 0 Å². The molecule has 152 valence electrons. The molecule has 2 atom stereocenters. The molecule has 1 nitrogen and oxygen atoms in total. The summed E-state index contributed by atoms with van der Waals surface area (Å²) in [7, 11) is 0. The zero-order valence-electron chi connectivity index (χ0n) is 18.1. The van der Waals surface area contributed by atoms with Crippen molar-refractivity contribution in [1.29, 1.82) is 0 Å². The zero-order valence-corrected chi connectivity index (χ0v) is 18.1. The van der Waals surface area contributed by atoms with Crippen LogP contribution in [0.4, 0.5) is 0 Å². The van der Waals surface area contributed by atoms with Crippen molar-refractivity contribution < 1.29 is 4.74 Å². The van der Waals surface area contributed by atoms with E-state index in [0.717, 1.165) is 0 Å². The molecule has 0 aliphatic carbocycles. The van der Waals surface area contributed by atoms with Crippen LogP contribution in [0, 0.1) is 23.7 Å². The van der Waals surface area contributed by atoms with Crippen molar-refractivity contribution in [2.75, 3.05) is 13.2 Å². The summed E-state index contributed by atoms with van der Waals surface area (Å²) >= 11 is 0. The molecule has 0 N–H and O–H groups in total. The lowest BCUT2D eigenvalue weighted by atomic mass is 9.98. The minimum Gasteiger partial charge on any atom is -0.356 e. The molecule has 2 unspecified atom stereocenters. The van der Waals surface area contributed by atoms with Crippen molar-refractivity contribution in [2.24, 2.45) is 0 Å². The normalized spacial score (nSPS) is 12.5. The van der Waals surface area contributed by atoms with E-state index in [4.69, 9.17) is 4.74 Å². The van der Waals surface area contributed by atoms with Gasteiger partial charge in [-0.15, -0.1) is 0 Å². The first-order valence-electron chi connectivity index (χ1n) is 10.7. The molecule has 4 rings (SSSR count). The molecule has 0 spiro atoms. The highest BCUT2D eigenvalue weighted by atomic mass is 16.5. The third-order valence-electron chi connectivity index (χ3n) is 5.53. The Morgan fingerprint density at radius 3 is 1.45 bits per heavy atom. The Hall–Kier alpha value is -3.52. The van der Waals surface area contributed by atoms with Crippen LogP contribution in [0.1, 0.15) is 36.8 Å². The Balaban J connectivity index is 1.27. The van der Waals surface area contributed by atoms with E-state index < -0.39 is 0 Å². The Morgan fingerprint density at radius 2 is 1.00 bits per heavy atom. The van der Waals surface area contributed by atoms with E-state index in [-0.39, 0.29) is 11.8 Å². The lowest BCUT2D eigenvalue weighted by Gasteiger charge is -2.06. The highest BCUT2D eigenvalue weighted by molar-refractivity contribution is 5.84. The summed E-state index contributed by atoms with van der Waals surface area (Å²) in [6.07, 6.45) is 0. The summed E-state index contributed by atoms with van der Waals surface area (Å²) in [6.45, 7) is 5.05. The van der Waals surface area contributed by atoms with Crippen LogP contribution in [-0.4, -0.2) is 13.2 Å². The molecule has 0 saturated heterocycles. The van der Waals surface area contributed by atoms with Crippen LogP contribution in [-0.2, 0) is 4.74 Å². The third-order valence-corrected chi connectivity index (χ3v) is 5.53. The molecule has 0 saturated carbocycles. The minimum atomic E-state index is 0.173. The summed E-state index contributed by atoms with van der Waals surface area (Å²) in [6, 6.07) is 29.9. The molecular weight excluding hydrogens is 376 g/mol. The third kappa shape index (κ3) is 5.35. The van der Waals surface area contributed by atoms with Gasteiger partial charge in [-0.25, -0.2) is 0 Å². The van der Waals surface area contributed by atoms with Gasteiger partial charge < -0.3 is 4.74 Å². The van der Waals surface area contributed by atoms with Gasteiger partial charge in [0.25, 0.3) is 0 Å². The van der Waals surface area contributed by atoms with Crippen LogP contribution in [0.25, 0.3) is 21.5 Å². The predicted octanol–water partition coefficient (Wildman–Crippen LogP) is 6.92. The Labute approximate surface area is 185 Å². The second-order valence-corrected chi connectivity index (χ2v) is 7.79. The first-order valence-corrected chi connectivity index (χ1v) is 10.7. The standard InChI is InChI=1S/C30H26O/c1-23(27-17-15-25-11-3-5-13-29(25)21-27)9-7-19-31-20-8-10-24(2)28-18-16-26-12-4-6-14-30(26)22-28/h3-6,11-18,21-24H,19-20H2,1-2H3. The van der Waals surface area contributed by atoms with E-state index in [1.54, 1.807) is 0 Å². The maximum Gasteiger partial charge on any atom is 0.109 e. The van der Waals surface area contributed by atoms with Gasteiger partial charge in [0.1, 0.15) is 13.2 Å². The van der Waals surface area contributed by atoms with Crippen LogP contribution in [0.2, 0.25) is 0 Å². The lowest BCUT2D eigenvalue weighted by Crippen LogP contribution is -1.95. The predicted molar refractivity (Wildman–Crippen MR) is 131 cm³/mol. The maximum atomic E-state index is 5.60. The number of hydrogen-bond acceptors (Lipinski definition) is 1. The molecule has 0 aliphatic heterocycles. The van der Waals surface area contributed by atoms with Gasteiger partial charge in [0.05, 0.1) is 0 Å². The Kier molecular flexibility index (Phi) is 6.68. The molecule has 0 amide bonds. The number of benzene rings is 4. The van der Waals surface area contributed by atoms with E-state index in [1.165, 1.54) is 32.7 Å². The summed E-state index contributed by atoms with van der Waals surface area (Å²) in [4.78, 5) is 0. The minimum absolute atomic E-state index is 0.173. The number of rotatable bonds is 4. The molecule has 0 bridgehead atoms. The quantitative estimate of drug-likeness (QED) is 0.266. The van der Waals surface area contributed by atoms with Gasteiger partial charge in [-0.3, -0.25) is 0 Å². The summed E-state index contributed by atoms with van der Waals surface area (Å²) in [5.41, 5.74) is 2.46. The average molecular weight is 403 g/mol. The average Bonchev–Trinajstić information content (AvgIpc) is 2.82. The molecule has 0 aromatic heterocycles. The topological polar surface area (TPSA) is 9.23 Å². The fourth-order valence-corrected chi connectivity index (χ4v) is 3.66. The van der Waals surface area contributed by atoms with Crippen molar-refractivity contribution in [1.82, 2.24) is 0 Å². The van der Waals surface area contributed by atoms with Gasteiger partial charge in [0.15, 0.2) is 0 Å². The number of hydrogen-bond donors (Lipinski definition) is 0. The maximum absolute atomic E-state index is 5.60. The molecule has 4 aromatic rings. The van der Waals surface area contributed by atoms with E-state index in [2.05, 4.69) is 122 Å². The lowest BCUT2D eigenvalue weighted by molar-refractivity contribution is 0.204. The monoisotopic (exact) mass is 402 g/mol. The summed E-state index contributed by atoms with van der Waals surface area (Å²) in [5.74, 6) is 13.2. The second kappa shape index (κ2) is 9.99.